The number of benzene rings is 2. The summed E-state index contributed by atoms with van der Waals surface area (Å²) < 4.78 is 0. The zero-order valence-corrected chi connectivity index (χ0v) is 17.0. The van der Waals surface area contributed by atoms with Gasteiger partial charge in [-0.1, -0.05) is 80.2 Å². The Kier molecular flexibility index (Phi) is 6.78. The van der Waals surface area contributed by atoms with E-state index in [4.69, 9.17) is 0 Å². The first-order valence-corrected chi connectivity index (χ1v) is 10.4. The Hall–Kier alpha value is -2.45. The zero-order valence-electron chi connectivity index (χ0n) is 16.2. The first-order chi connectivity index (χ1) is 13.2. The number of fused-ring (bicyclic) bond motifs is 1. The summed E-state index contributed by atoms with van der Waals surface area (Å²) in [6.45, 7) is 9.62. The second-order valence-corrected chi connectivity index (χ2v) is 7.86. The molecular weight excluding hydrogens is 346 g/mol. The lowest BCUT2D eigenvalue weighted by Gasteiger charge is -2.27. The van der Waals surface area contributed by atoms with E-state index >= 15 is 0 Å². The quantitative estimate of drug-likeness (QED) is 0.368. The molecule has 0 aromatic heterocycles. The summed E-state index contributed by atoms with van der Waals surface area (Å²) >= 11 is 1.72. The molecule has 0 spiro atoms. The molecule has 0 unspecified atom stereocenters. The van der Waals surface area contributed by atoms with Gasteiger partial charge >= 0.3 is 0 Å². The van der Waals surface area contributed by atoms with Crippen LogP contribution >= 0.6 is 11.8 Å². The number of para-hydroxylation sites is 1. The molecule has 0 atom stereocenters. The Balaban J connectivity index is 1.72. The van der Waals surface area contributed by atoms with Crippen molar-refractivity contribution in [3.05, 3.63) is 102 Å². The van der Waals surface area contributed by atoms with E-state index in [1.165, 1.54) is 40.1 Å². The molecule has 1 aliphatic heterocycles. The summed E-state index contributed by atoms with van der Waals surface area (Å²) in [5.74, 6) is 0. The lowest BCUT2D eigenvalue weighted by atomic mass is 9.99. The van der Waals surface area contributed by atoms with Crippen LogP contribution in [0.4, 0.5) is 5.69 Å². The van der Waals surface area contributed by atoms with Gasteiger partial charge in [0, 0.05) is 33.8 Å². The molecule has 27 heavy (non-hydrogen) atoms. The molecule has 0 saturated heterocycles. The standard InChI is InChI=1S/C25H27NS/c1-4-5-18-26-19-17-22(23-14-7-8-15-24(23)26)13-10-12-21(3)27-25-16-9-6-11-20(25)2/h6-17,19H,3-5,18H2,1-2H3. The maximum Gasteiger partial charge on any atom is 0.0485 e. The van der Waals surface area contributed by atoms with E-state index in [2.05, 4.69) is 104 Å². The van der Waals surface area contributed by atoms with Crippen molar-refractivity contribution in [3.8, 4) is 0 Å². The van der Waals surface area contributed by atoms with Crippen LogP contribution < -0.4 is 4.90 Å². The van der Waals surface area contributed by atoms with E-state index in [1.807, 2.05) is 0 Å². The number of rotatable bonds is 7. The number of aryl methyl sites for hydroxylation is 1. The SMILES string of the molecule is C=C(C=CC=C1C=CN(CCCC)c2ccccc21)Sc1ccccc1C. The van der Waals surface area contributed by atoms with E-state index in [9.17, 15) is 0 Å². The number of hydrogen-bond donors (Lipinski definition) is 0. The van der Waals surface area contributed by atoms with E-state index in [-0.39, 0.29) is 0 Å². The minimum atomic E-state index is 1.04. The normalized spacial score (nSPS) is 14.7. The summed E-state index contributed by atoms with van der Waals surface area (Å²) in [7, 11) is 0. The van der Waals surface area contributed by atoms with Crippen LogP contribution in [0, 0.1) is 6.92 Å². The molecule has 1 nitrogen and oxygen atoms in total. The minimum Gasteiger partial charge on any atom is -0.347 e. The molecule has 0 N–H and O–H groups in total. The van der Waals surface area contributed by atoms with Gasteiger partial charge in [-0.2, -0.15) is 0 Å². The predicted molar refractivity (Wildman–Crippen MR) is 121 cm³/mol. The average Bonchev–Trinajstić information content (AvgIpc) is 2.69. The van der Waals surface area contributed by atoms with Crippen LogP contribution in [0.2, 0.25) is 0 Å². The van der Waals surface area contributed by atoms with Gasteiger partial charge < -0.3 is 4.90 Å². The molecule has 2 heteroatoms. The highest BCUT2D eigenvalue weighted by atomic mass is 32.2. The summed E-state index contributed by atoms with van der Waals surface area (Å²) in [6.07, 6.45) is 13.2. The highest BCUT2D eigenvalue weighted by Crippen LogP contribution is 2.33. The summed E-state index contributed by atoms with van der Waals surface area (Å²) in [4.78, 5) is 4.65. The van der Waals surface area contributed by atoms with Crippen LogP contribution in [-0.4, -0.2) is 6.54 Å². The smallest absolute Gasteiger partial charge is 0.0485 e. The van der Waals surface area contributed by atoms with Gasteiger partial charge in [0.05, 0.1) is 0 Å². The van der Waals surface area contributed by atoms with Gasteiger partial charge in [0.1, 0.15) is 0 Å². The van der Waals surface area contributed by atoms with Gasteiger partial charge in [0.2, 0.25) is 0 Å². The molecular formula is C25H27NS. The van der Waals surface area contributed by atoms with Gasteiger partial charge in [-0.3, -0.25) is 0 Å². The Morgan fingerprint density at radius 3 is 2.70 bits per heavy atom. The molecule has 2 aromatic carbocycles. The molecule has 0 amide bonds. The molecule has 0 bridgehead atoms. The van der Waals surface area contributed by atoms with E-state index < -0.39 is 0 Å². The minimum absolute atomic E-state index is 1.04. The number of allylic oxidation sites excluding steroid dienone is 5. The van der Waals surface area contributed by atoms with Crippen molar-refractivity contribution in [1.82, 2.24) is 0 Å². The van der Waals surface area contributed by atoms with Crippen LogP contribution in [0.3, 0.4) is 0 Å². The van der Waals surface area contributed by atoms with E-state index in [1.54, 1.807) is 11.8 Å². The first kappa shape index (κ1) is 19.3. The van der Waals surface area contributed by atoms with Crippen molar-refractivity contribution in [2.24, 2.45) is 0 Å². The zero-order chi connectivity index (χ0) is 19.1. The Morgan fingerprint density at radius 1 is 1.11 bits per heavy atom. The number of hydrogen-bond acceptors (Lipinski definition) is 2. The van der Waals surface area contributed by atoms with E-state index in [0.717, 1.165) is 11.4 Å². The van der Waals surface area contributed by atoms with Crippen LogP contribution in [-0.2, 0) is 0 Å². The summed E-state index contributed by atoms with van der Waals surface area (Å²) in [5.41, 5.74) is 5.11. The average molecular weight is 374 g/mol. The van der Waals surface area contributed by atoms with Crippen LogP contribution in [0.25, 0.3) is 5.57 Å². The third-order valence-corrected chi connectivity index (χ3v) is 5.68. The lowest BCUT2D eigenvalue weighted by molar-refractivity contribution is 0.781. The molecule has 138 valence electrons. The van der Waals surface area contributed by atoms with Gasteiger partial charge in [-0.25, -0.2) is 0 Å². The molecule has 0 fully saturated rings. The fraction of sp³-hybridized carbons (Fsp3) is 0.200. The van der Waals surface area contributed by atoms with Gasteiger partial charge in [0.15, 0.2) is 0 Å². The van der Waals surface area contributed by atoms with Crippen molar-refractivity contribution < 1.29 is 0 Å². The Bertz CT molecular complexity index is 889. The third kappa shape index (κ3) is 5.05. The van der Waals surface area contributed by atoms with Crippen molar-refractivity contribution in [1.29, 1.82) is 0 Å². The number of anilines is 1. The van der Waals surface area contributed by atoms with Crippen molar-refractivity contribution >= 4 is 23.0 Å². The largest absolute Gasteiger partial charge is 0.347 e. The molecule has 0 saturated carbocycles. The fourth-order valence-electron chi connectivity index (χ4n) is 3.08. The highest BCUT2D eigenvalue weighted by molar-refractivity contribution is 8.03. The van der Waals surface area contributed by atoms with Crippen LogP contribution in [0.5, 0.6) is 0 Å². The van der Waals surface area contributed by atoms with Crippen LogP contribution in [0.1, 0.15) is 30.9 Å². The fourth-order valence-corrected chi connectivity index (χ4v) is 3.89. The van der Waals surface area contributed by atoms with Gasteiger partial charge in [-0.05, 0) is 48.8 Å². The van der Waals surface area contributed by atoms with E-state index in [0.29, 0.717) is 0 Å². The first-order valence-electron chi connectivity index (χ1n) is 9.54. The van der Waals surface area contributed by atoms with Gasteiger partial charge in [0.25, 0.3) is 0 Å². The molecule has 1 aliphatic rings. The molecule has 3 rings (SSSR count). The maximum atomic E-state index is 4.18. The topological polar surface area (TPSA) is 3.24 Å². The van der Waals surface area contributed by atoms with Crippen molar-refractivity contribution in [2.45, 2.75) is 31.6 Å². The number of unbranched alkanes of at least 4 members (excludes halogenated alkanes) is 1. The summed E-state index contributed by atoms with van der Waals surface area (Å²) in [6, 6.07) is 17.1. The van der Waals surface area contributed by atoms with Gasteiger partial charge in [-0.15, -0.1) is 0 Å². The molecule has 0 radical (unpaired) electrons. The highest BCUT2D eigenvalue weighted by Gasteiger charge is 2.14. The number of thioether (sulfide) groups is 1. The summed E-state index contributed by atoms with van der Waals surface area (Å²) in [5, 5.41) is 0. The Labute approximate surface area is 167 Å². The second-order valence-electron chi connectivity index (χ2n) is 6.69. The number of nitrogens with zero attached hydrogens (tertiary/aromatic N) is 1. The molecule has 2 aromatic rings. The van der Waals surface area contributed by atoms with Crippen LogP contribution in [0.15, 0.2) is 95.4 Å². The molecule has 1 heterocycles. The monoisotopic (exact) mass is 373 g/mol. The predicted octanol–water partition coefficient (Wildman–Crippen LogP) is 7.37. The van der Waals surface area contributed by atoms with Crippen molar-refractivity contribution in [2.75, 3.05) is 11.4 Å². The lowest BCUT2D eigenvalue weighted by Crippen LogP contribution is -2.20. The Morgan fingerprint density at radius 2 is 1.89 bits per heavy atom. The van der Waals surface area contributed by atoms with Crippen molar-refractivity contribution in [3.63, 3.8) is 0 Å². The maximum absolute atomic E-state index is 4.18. The second kappa shape index (κ2) is 9.48. The third-order valence-electron chi connectivity index (χ3n) is 4.60. The molecule has 0 aliphatic carbocycles.